The molecule has 3 aromatic carbocycles. The molecule has 1 amide bonds. The number of methoxy groups -OCH3 is 1. The number of nitrogens with zero attached hydrogens (tertiary/aromatic N) is 2. The third kappa shape index (κ3) is 4.78. The van der Waals surface area contributed by atoms with E-state index in [4.69, 9.17) is 14.2 Å². The number of aromatic amines is 1. The number of phenolic OH excluding ortho intramolecular Hbond substituents is 1. The van der Waals surface area contributed by atoms with E-state index in [1.807, 2.05) is 87.2 Å². The zero-order chi connectivity index (χ0) is 27.7. The number of benzene rings is 3. The van der Waals surface area contributed by atoms with Crippen LogP contribution in [0.3, 0.4) is 0 Å². The van der Waals surface area contributed by atoms with Gasteiger partial charge in [-0.05, 0) is 80.3 Å². The number of carbonyl (C=O) groups is 1. The van der Waals surface area contributed by atoms with Gasteiger partial charge in [-0.25, -0.2) is 0 Å². The van der Waals surface area contributed by atoms with Gasteiger partial charge < -0.3 is 24.2 Å². The number of rotatable bonds is 9. The summed E-state index contributed by atoms with van der Waals surface area (Å²) in [6.45, 7) is 9.03. The molecule has 0 spiro atoms. The summed E-state index contributed by atoms with van der Waals surface area (Å²) in [5, 5.41) is 18.5. The Morgan fingerprint density at radius 1 is 0.974 bits per heavy atom. The second-order valence-electron chi connectivity index (χ2n) is 9.59. The van der Waals surface area contributed by atoms with E-state index in [0.717, 1.165) is 33.6 Å². The van der Waals surface area contributed by atoms with E-state index in [-0.39, 0.29) is 11.7 Å². The summed E-state index contributed by atoms with van der Waals surface area (Å²) in [7, 11) is 1.63. The molecule has 8 heteroatoms. The van der Waals surface area contributed by atoms with E-state index in [2.05, 4.69) is 10.2 Å². The summed E-state index contributed by atoms with van der Waals surface area (Å²) in [6, 6.07) is 16.8. The molecular formula is C31H33N3O5. The average Bonchev–Trinajstić information content (AvgIpc) is 3.47. The van der Waals surface area contributed by atoms with Gasteiger partial charge in [-0.2, -0.15) is 5.10 Å². The minimum Gasteiger partial charge on any atom is -0.507 e. The van der Waals surface area contributed by atoms with E-state index >= 15 is 0 Å². The molecule has 0 bridgehead atoms. The topological polar surface area (TPSA) is 96.9 Å². The minimum atomic E-state index is -0.474. The third-order valence-corrected chi connectivity index (χ3v) is 6.96. The van der Waals surface area contributed by atoms with Gasteiger partial charge in [-0.1, -0.05) is 24.3 Å². The van der Waals surface area contributed by atoms with Crippen LogP contribution >= 0.6 is 0 Å². The fourth-order valence-electron chi connectivity index (χ4n) is 5.22. The van der Waals surface area contributed by atoms with Crippen molar-refractivity contribution in [1.82, 2.24) is 15.1 Å². The van der Waals surface area contributed by atoms with E-state index in [9.17, 15) is 9.90 Å². The molecule has 4 aromatic rings. The van der Waals surface area contributed by atoms with Crippen molar-refractivity contribution in [3.8, 4) is 34.3 Å². The molecule has 0 saturated heterocycles. The van der Waals surface area contributed by atoms with Crippen molar-refractivity contribution in [2.75, 3.05) is 20.3 Å². The Bertz CT molecular complexity index is 1510. The molecule has 1 aliphatic heterocycles. The maximum absolute atomic E-state index is 13.9. The average molecular weight is 528 g/mol. The van der Waals surface area contributed by atoms with Gasteiger partial charge in [0, 0.05) is 17.7 Å². The number of nitrogens with one attached hydrogen (secondary N) is 1. The highest BCUT2D eigenvalue weighted by Gasteiger charge is 2.43. The SMILES string of the molecule is CCOc1ccc(C2c3c(-c4cc(C)cc(C)c4O)n[nH]c3C(=O)N2Cc2ccc(OC)cc2)cc1OCC. The Morgan fingerprint density at radius 3 is 2.38 bits per heavy atom. The quantitative estimate of drug-likeness (QED) is 0.279. The minimum absolute atomic E-state index is 0.149. The first kappa shape index (κ1) is 26.2. The van der Waals surface area contributed by atoms with Crippen molar-refractivity contribution >= 4 is 5.91 Å². The first-order chi connectivity index (χ1) is 18.9. The van der Waals surface area contributed by atoms with Crippen LogP contribution in [0, 0.1) is 13.8 Å². The van der Waals surface area contributed by atoms with Crippen LogP contribution in [0.1, 0.15) is 58.2 Å². The lowest BCUT2D eigenvalue weighted by molar-refractivity contribution is 0.0729. The zero-order valence-corrected chi connectivity index (χ0v) is 22.9. The van der Waals surface area contributed by atoms with Crippen molar-refractivity contribution in [2.24, 2.45) is 0 Å². The van der Waals surface area contributed by atoms with E-state index in [0.29, 0.717) is 48.2 Å². The Balaban J connectivity index is 1.67. The third-order valence-electron chi connectivity index (χ3n) is 6.96. The van der Waals surface area contributed by atoms with Crippen molar-refractivity contribution in [3.63, 3.8) is 0 Å². The van der Waals surface area contributed by atoms with Crippen molar-refractivity contribution < 1.29 is 24.1 Å². The van der Waals surface area contributed by atoms with Gasteiger partial charge in [0.1, 0.15) is 22.9 Å². The molecule has 0 fully saturated rings. The van der Waals surface area contributed by atoms with Gasteiger partial charge in [0.15, 0.2) is 11.5 Å². The normalized spacial score (nSPS) is 14.4. The Hall–Kier alpha value is -4.46. The summed E-state index contributed by atoms with van der Waals surface area (Å²) in [5.74, 6) is 1.99. The largest absolute Gasteiger partial charge is 0.507 e. The highest BCUT2D eigenvalue weighted by atomic mass is 16.5. The molecule has 0 saturated carbocycles. The second-order valence-corrected chi connectivity index (χ2v) is 9.59. The predicted molar refractivity (Wildman–Crippen MR) is 149 cm³/mol. The van der Waals surface area contributed by atoms with Gasteiger partial charge in [0.05, 0.1) is 26.4 Å². The van der Waals surface area contributed by atoms with Gasteiger partial charge in [-0.15, -0.1) is 0 Å². The van der Waals surface area contributed by atoms with E-state index in [1.54, 1.807) is 7.11 Å². The number of carbonyl (C=O) groups excluding carboxylic acids is 1. The van der Waals surface area contributed by atoms with Crippen molar-refractivity contribution in [2.45, 2.75) is 40.3 Å². The number of fused-ring (bicyclic) bond motifs is 1. The van der Waals surface area contributed by atoms with E-state index in [1.165, 1.54) is 0 Å². The van der Waals surface area contributed by atoms with Crippen LogP contribution in [0.15, 0.2) is 54.6 Å². The van der Waals surface area contributed by atoms with Crippen LogP contribution in [0.5, 0.6) is 23.0 Å². The number of H-pyrrole nitrogens is 1. The molecule has 5 rings (SSSR count). The maximum atomic E-state index is 13.9. The van der Waals surface area contributed by atoms with Crippen LogP contribution in [0.25, 0.3) is 11.3 Å². The summed E-state index contributed by atoms with van der Waals surface area (Å²) in [6.07, 6.45) is 0. The molecule has 1 aromatic heterocycles. The summed E-state index contributed by atoms with van der Waals surface area (Å²) < 4.78 is 17.0. The molecule has 0 radical (unpaired) electrons. The van der Waals surface area contributed by atoms with Crippen LogP contribution in [0.4, 0.5) is 0 Å². The fraction of sp³-hybridized carbons (Fsp3) is 0.290. The van der Waals surface area contributed by atoms with Crippen molar-refractivity contribution in [3.05, 3.63) is 88.1 Å². The molecule has 1 aliphatic rings. The van der Waals surface area contributed by atoms with Crippen LogP contribution < -0.4 is 14.2 Å². The predicted octanol–water partition coefficient (Wildman–Crippen LogP) is 5.95. The Kier molecular flexibility index (Phi) is 7.19. The smallest absolute Gasteiger partial charge is 0.273 e. The Morgan fingerprint density at radius 2 is 1.69 bits per heavy atom. The van der Waals surface area contributed by atoms with Gasteiger partial charge in [0.2, 0.25) is 0 Å². The zero-order valence-electron chi connectivity index (χ0n) is 22.9. The molecule has 1 unspecified atom stereocenters. The molecule has 8 nitrogen and oxygen atoms in total. The molecule has 39 heavy (non-hydrogen) atoms. The standard InChI is InChI=1S/C31H33N3O5/c1-6-38-24-13-10-21(16-25(24)39-7-2)29-26-27(23-15-18(3)14-19(4)30(23)35)32-33-28(26)31(36)34(29)17-20-8-11-22(37-5)12-9-20/h8-16,29,35H,6-7,17H2,1-5H3,(H,32,33). The lowest BCUT2D eigenvalue weighted by Crippen LogP contribution is -2.29. The molecular weight excluding hydrogens is 494 g/mol. The number of amides is 1. The molecule has 0 aliphatic carbocycles. The lowest BCUT2D eigenvalue weighted by atomic mass is 9.93. The molecule has 1 atom stereocenters. The first-order valence-corrected chi connectivity index (χ1v) is 13.1. The van der Waals surface area contributed by atoms with Gasteiger partial charge in [0.25, 0.3) is 5.91 Å². The van der Waals surface area contributed by atoms with Gasteiger partial charge in [-0.3, -0.25) is 9.89 Å². The molecule has 202 valence electrons. The summed E-state index contributed by atoms with van der Waals surface area (Å²) in [5.41, 5.74) is 5.83. The lowest BCUT2D eigenvalue weighted by Gasteiger charge is -2.27. The number of aromatic hydroxyl groups is 1. The first-order valence-electron chi connectivity index (χ1n) is 13.1. The van der Waals surface area contributed by atoms with Gasteiger partial charge >= 0.3 is 0 Å². The van der Waals surface area contributed by atoms with Crippen molar-refractivity contribution in [1.29, 1.82) is 0 Å². The second kappa shape index (κ2) is 10.7. The van der Waals surface area contributed by atoms with Crippen LogP contribution in [-0.2, 0) is 6.54 Å². The molecule has 2 heterocycles. The summed E-state index contributed by atoms with van der Waals surface area (Å²) in [4.78, 5) is 15.7. The number of hydrogen-bond acceptors (Lipinski definition) is 6. The number of hydrogen-bond donors (Lipinski definition) is 2. The number of aromatic nitrogens is 2. The number of ether oxygens (including phenoxy) is 3. The fourth-order valence-corrected chi connectivity index (χ4v) is 5.22. The van der Waals surface area contributed by atoms with Crippen LogP contribution in [-0.4, -0.2) is 46.4 Å². The highest BCUT2D eigenvalue weighted by Crippen LogP contribution is 2.47. The molecule has 2 N–H and O–H groups in total. The monoisotopic (exact) mass is 527 g/mol. The Labute approximate surface area is 228 Å². The van der Waals surface area contributed by atoms with E-state index < -0.39 is 6.04 Å². The highest BCUT2D eigenvalue weighted by molar-refractivity contribution is 6.00. The van der Waals surface area contributed by atoms with Crippen LogP contribution in [0.2, 0.25) is 0 Å². The number of aryl methyl sites for hydroxylation is 2. The number of phenols is 1. The summed E-state index contributed by atoms with van der Waals surface area (Å²) >= 11 is 0. The maximum Gasteiger partial charge on any atom is 0.273 e.